The molecule has 104 valence electrons. The number of nitrogens with zero attached hydrogens (tertiary/aromatic N) is 2. The maximum absolute atomic E-state index is 12.4. The highest BCUT2D eigenvalue weighted by Crippen LogP contribution is 2.16. The summed E-state index contributed by atoms with van der Waals surface area (Å²) >= 11 is 0. The van der Waals surface area contributed by atoms with Crippen molar-refractivity contribution in [2.45, 2.75) is 32.3 Å². The zero-order valence-corrected chi connectivity index (χ0v) is 11.3. The molecule has 0 aliphatic carbocycles. The van der Waals surface area contributed by atoms with Crippen LogP contribution in [0, 0.1) is 0 Å². The summed E-state index contributed by atoms with van der Waals surface area (Å²) < 4.78 is 5.74. The molecule has 5 nitrogen and oxygen atoms in total. The van der Waals surface area contributed by atoms with E-state index in [0.717, 1.165) is 32.4 Å². The lowest BCUT2D eigenvalue weighted by molar-refractivity contribution is 0.00211. The highest BCUT2D eigenvalue weighted by Gasteiger charge is 2.24. The second-order valence-electron chi connectivity index (χ2n) is 4.86. The fourth-order valence-electron chi connectivity index (χ4n) is 2.31. The minimum atomic E-state index is 0.0129. The number of carbonyl (C=O) groups excluding carboxylic acids is 1. The van der Waals surface area contributed by atoms with Crippen molar-refractivity contribution in [3.63, 3.8) is 0 Å². The van der Waals surface area contributed by atoms with E-state index in [2.05, 4.69) is 11.9 Å². The summed E-state index contributed by atoms with van der Waals surface area (Å²) in [5.74, 6) is 0.389. The highest BCUT2D eigenvalue weighted by molar-refractivity contribution is 5.94. The largest absolute Gasteiger partial charge is 0.384 e. The van der Waals surface area contributed by atoms with E-state index in [1.807, 2.05) is 4.90 Å². The van der Waals surface area contributed by atoms with Crippen molar-refractivity contribution in [2.24, 2.45) is 0 Å². The van der Waals surface area contributed by atoms with Crippen LogP contribution in [0.3, 0.4) is 0 Å². The van der Waals surface area contributed by atoms with Crippen LogP contribution in [0.25, 0.3) is 0 Å². The van der Waals surface area contributed by atoms with Crippen molar-refractivity contribution in [1.82, 2.24) is 9.88 Å². The molecule has 1 aliphatic rings. The van der Waals surface area contributed by atoms with Gasteiger partial charge in [0.1, 0.15) is 5.82 Å². The number of ether oxygens (including phenoxy) is 1. The third kappa shape index (κ3) is 3.67. The second kappa shape index (κ2) is 6.52. The summed E-state index contributed by atoms with van der Waals surface area (Å²) in [4.78, 5) is 18.1. The number of hydrogen-bond donors (Lipinski definition) is 1. The first-order valence-electron chi connectivity index (χ1n) is 6.83. The van der Waals surface area contributed by atoms with Crippen molar-refractivity contribution in [2.75, 3.05) is 25.4 Å². The van der Waals surface area contributed by atoms with E-state index >= 15 is 0 Å². The number of piperidine rings is 1. The minimum Gasteiger partial charge on any atom is -0.384 e. The molecule has 2 rings (SSSR count). The Bertz CT molecular complexity index is 436. The molecule has 19 heavy (non-hydrogen) atoms. The van der Waals surface area contributed by atoms with Gasteiger partial charge < -0.3 is 15.4 Å². The number of rotatable bonds is 4. The number of aromatic nitrogens is 1. The number of nitrogen functional groups attached to an aromatic ring is 1. The number of pyridine rings is 1. The average Bonchev–Trinajstić information content (AvgIpc) is 2.44. The Kier molecular flexibility index (Phi) is 4.74. The molecule has 1 amide bonds. The lowest BCUT2D eigenvalue weighted by Gasteiger charge is -2.32. The van der Waals surface area contributed by atoms with E-state index < -0.39 is 0 Å². The summed E-state index contributed by atoms with van der Waals surface area (Å²) in [5.41, 5.74) is 6.21. The molecule has 5 heteroatoms. The predicted molar refractivity (Wildman–Crippen MR) is 73.8 cm³/mol. The van der Waals surface area contributed by atoms with Gasteiger partial charge >= 0.3 is 0 Å². The van der Waals surface area contributed by atoms with Crippen LogP contribution in [0.1, 0.15) is 36.5 Å². The quantitative estimate of drug-likeness (QED) is 0.897. The summed E-state index contributed by atoms with van der Waals surface area (Å²) in [6.45, 7) is 4.30. The summed E-state index contributed by atoms with van der Waals surface area (Å²) in [6.07, 6.45) is 4.75. The van der Waals surface area contributed by atoms with Gasteiger partial charge in [0, 0.05) is 31.5 Å². The van der Waals surface area contributed by atoms with Gasteiger partial charge in [-0.05, 0) is 31.4 Å². The maximum Gasteiger partial charge on any atom is 0.254 e. The smallest absolute Gasteiger partial charge is 0.254 e. The number of carbonyl (C=O) groups is 1. The standard InChI is InChI=1S/C14H21N3O2/c1-2-8-19-12-4-3-7-17(10-12)14(18)11-5-6-16-13(15)9-11/h5-6,9,12H,2-4,7-8,10H2,1H3,(H2,15,16). The summed E-state index contributed by atoms with van der Waals surface area (Å²) in [5, 5.41) is 0. The maximum atomic E-state index is 12.4. The molecule has 0 spiro atoms. The van der Waals surface area contributed by atoms with Gasteiger partial charge in [-0.2, -0.15) is 0 Å². The van der Waals surface area contributed by atoms with Crippen LogP contribution in [-0.2, 0) is 4.74 Å². The average molecular weight is 263 g/mol. The molecule has 0 bridgehead atoms. The van der Waals surface area contributed by atoms with Gasteiger partial charge in [0.2, 0.25) is 0 Å². The van der Waals surface area contributed by atoms with Crippen LogP contribution in [0.4, 0.5) is 5.82 Å². The number of nitrogens with two attached hydrogens (primary N) is 1. The van der Waals surface area contributed by atoms with Crippen LogP contribution >= 0.6 is 0 Å². The van der Waals surface area contributed by atoms with E-state index in [1.165, 1.54) is 0 Å². The van der Waals surface area contributed by atoms with Crippen molar-refractivity contribution in [3.05, 3.63) is 23.9 Å². The van der Waals surface area contributed by atoms with E-state index in [-0.39, 0.29) is 12.0 Å². The first-order valence-corrected chi connectivity index (χ1v) is 6.83. The van der Waals surface area contributed by atoms with Gasteiger partial charge in [-0.15, -0.1) is 0 Å². The molecule has 2 heterocycles. The molecule has 2 N–H and O–H groups in total. The third-order valence-corrected chi connectivity index (χ3v) is 3.25. The molecule has 0 saturated carbocycles. The molecule has 1 aromatic rings. The Balaban J connectivity index is 1.99. The monoisotopic (exact) mass is 263 g/mol. The van der Waals surface area contributed by atoms with Gasteiger partial charge in [0.15, 0.2) is 0 Å². The van der Waals surface area contributed by atoms with Gasteiger partial charge in [0.05, 0.1) is 6.10 Å². The minimum absolute atomic E-state index is 0.0129. The van der Waals surface area contributed by atoms with Crippen LogP contribution in [0.15, 0.2) is 18.3 Å². The fourth-order valence-corrected chi connectivity index (χ4v) is 2.31. The van der Waals surface area contributed by atoms with Gasteiger partial charge in [0.25, 0.3) is 5.91 Å². The van der Waals surface area contributed by atoms with Crippen molar-refractivity contribution < 1.29 is 9.53 Å². The molecule has 1 aliphatic heterocycles. The van der Waals surface area contributed by atoms with E-state index in [9.17, 15) is 4.79 Å². The Morgan fingerprint density at radius 2 is 2.47 bits per heavy atom. The lowest BCUT2D eigenvalue weighted by atomic mass is 10.1. The van der Waals surface area contributed by atoms with Crippen LogP contribution in [-0.4, -0.2) is 41.6 Å². The normalized spacial score (nSPS) is 19.4. The molecule has 1 unspecified atom stereocenters. The Labute approximate surface area is 113 Å². The SMILES string of the molecule is CCCOC1CCCN(C(=O)c2ccnc(N)c2)C1. The lowest BCUT2D eigenvalue weighted by Crippen LogP contribution is -2.43. The number of anilines is 1. The molecule has 0 aromatic carbocycles. The summed E-state index contributed by atoms with van der Waals surface area (Å²) in [6, 6.07) is 3.33. The van der Waals surface area contributed by atoms with Crippen LogP contribution < -0.4 is 5.73 Å². The van der Waals surface area contributed by atoms with Crippen molar-refractivity contribution >= 4 is 11.7 Å². The predicted octanol–water partition coefficient (Wildman–Crippen LogP) is 1.70. The highest BCUT2D eigenvalue weighted by atomic mass is 16.5. The van der Waals surface area contributed by atoms with E-state index in [4.69, 9.17) is 10.5 Å². The summed E-state index contributed by atoms with van der Waals surface area (Å²) in [7, 11) is 0. The number of amides is 1. The van der Waals surface area contributed by atoms with E-state index in [0.29, 0.717) is 17.9 Å². The molecule has 1 saturated heterocycles. The Morgan fingerprint density at radius 3 is 3.21 bits per heavy atom. The van der Waals surface area contributed by atoms with Gasteiger partial charge in [-0.1, -0.05) is 6.92 Å². The zero-order valence-electron chi connectivity index (χ0n) is 11.3. The van der Waals surface area contributed by atoms with Crippen LogP contribution in [0.5, 0.6) is 0 Å². The molecule has 1 aromatic heterocycles. The fraction of sp³-hybridized carbons (Fsp3) is 0.571. The second-order valence-corrected chi connectivity index (χ2v) is 4.86. The van der Waals surface area contributed by atoms with Gasteiger partial charge in [-0.3, -0.25) is 4.79 Å². The van der Waals surface area contributed by atoms with Crippen molar-refractivity contribution in [3.8, 4) is 0 Å². The molecule has 1 fully saturated rings. The molecular formula is C14H21N3O2. The van der Waals surface area contributed by atoms with E-state index in [1.54, 1.807) is 18.3 Å². The third-order valence-electron chi connectivity index (χ3n) is 3.25. The van der Waals surface area contributed by atoms with Gasteiger partial charge in [-0.25, -0.2) is 4.98 Å². The first-order chi connectivity index (χ1) is 9.20. The Morgan fingerprint density at radius 1 is 1.63 bits per heavy atom. The first kappa shape index (κ1) is 13.8. The van der Waals surface area contributed by atoms with Crippen molar-refractivity contribution in [1.29, 1.82) is 0 Å². The zero-order chi connectivity index (χ0) is 13.7. The Hall–Kier alpha value is -1.62. The topological polar surface area (TPSA) is 68.5 Å². The molecule has 0 radical (unpaired) electrons. The number of hydrogen-bond acceptors (Lipinski definition) is 4. The number of likely N-dealkylation sites (tertiary alicyclic amines) is 1. The van der Waals surface area contributed by atoms with Crippen LogP contribution in [0.2, 0.25) is 0 Å². The molecular weight excluding hydrogens is 242 g/mol. The molecule has 1 atom stereocenters.